The zero-order valence-corrected chi connectivity index (χ0v) is 21.8. The summed E-state index contributed by atoms with van der Waals surface area (Å²) in [6, 6.07) is -0.0685. The summed E-state index contributed by atoms with van der Waals surface area (Å²) in [6.07, 6.45) is -0.109. The number of carbonyl (C=O) groups is 3. The van der Waals surface area contributed by atoms with Crippen molar-refractivity contribution >= 4 is 23.2 Å². The average molecular weight is 546 g/mol. The van der Waals surface area contributed by atoms with Crippen molar-refractivity contribution in [3.05, 3.63) is 39.7 Å². The molecule has 1 saturated heterocycles. The number of primary amides is 1. The van der Waals surface area contributed by atoms with E-state index in [9.17, 15) is 39.2 Å². The van der Waals surface area contributed by atoms with Gasteiger partial charge in [-0.25, -0.2) is 4.39 Å². The number of methoxy groups -OCH3 is 1. The molecule has 5 rings (SSSR count). The van der Waals surface area contributed by atoms with Crippen molar-refractivity contribution in [3.63, 3.8) is 0 Å². The summed E-state index contributed by atoms with van der Waals surface area (Å²) < 4.78 is 19.5. The number of aliphatic hydroxyl groups is 3. The smallest absolute Gasteiger partial charge is 0.255 e. The second kappa shape index (κ2) is 9.32. The third kappa shape index (κ3) is 3.76. The zero-order valence-electron chi connectivity index (χ0n) is 21.8. The zero-order chi connectivity index (χ0) is 28.5. The summed E-state index contributed by atoms with van der Waals surface area (Å²) in [5.41, 5.74) is 2.52. The van der Waals surface area contributed by atoms with Gasteiger partial charge in [0.2, 0.25) is 5.78 Å². The number of hydrogen-bond donors (Lipinski definition) is 6. The van der Waals surface area contributed by atoms with Crippen molar-refractivity contribution in [2.75, 3.05) is 27.7 Å². The number of phenols is 1. The minimum atomic E-state index is -2.70. The number of Topliss-reactive ketones (excluding diaryl/α,β-unsaturated/α-hetero) is 2. The van der Waals surface area contributed by atoms with Gasteiger partial charge >= 0.3 is 0 Å². The Morgan fingerprint density at radius 1 is 1.23 bits per heavy atom. The minimum absolute atomic E-state index is 0.0227. The number of fused-ring (bicyclic) bond motifs is 3. The quantitative estimate of drug-likeness (QED) is 0.295. The average Bonchev–Trinajstić information content (AvgIpc) is 2.86. The maximum absolute atomic E-state index is 13.9. The topological polar surface area (TPSA) is 183 Å². The normalized spacial score (nSPS) is 32.6. The van der Waals surface area contributed by atoms with Gasteiger partial charge in [0, 0.05) is 35.2 Å². The fourth-order valence-corrected chi connectivity index (χ4v) is 6.91. The summed E-state index contributed by atoms with van der Waals surface area (Å²) in [4.78, 5) is 40.6. The molecule has 4 aliphatic rings. The molecule has 12 heteroatoms. The largest absolute Gasteiger partial charge is 0.508 e. The van der Waals surface area contributed by atoms with Crippen LogP contribution in [0.4, 0.5) is 4.39 Å². The number of amides is 1. The number of alkyl halides is 1. The van der Waals surface area contributed by atoms with Crippen LogP contribution in [0.1, 0.15) is 42.0 Å². The lowest BCUT2D eigenvalue weighted by atomic mass is 9.57. The summed E-state index contributed by atoms with van der Waals surface area (Å²) in [5.74, 6) is -6.74. The Kier molecular flexibility index (Phi) is 6.47. The molecule has 1 aliphatic heterocycles. The number of aliphatic hydroxyl groups excluding tert-OH is 2. The lowest BCUT2D eigenvalue weighted by molar-refractivity contribution is -0.153. The van der Waals surface area contributed by atoms with Gasteiger partial charge in [-0.2, -0.15) is 0 Å². The molecule has 0 radical (unpaired) electrons. The highest BCUT2D eigenvalue weighted by Gasteiger charge is 2.64. The van der Waals surface area contributed by atoms with Crippen molar-refractivity contribution in [1.29, 1.82) is 0 Å². The van der Waals surface area contributed by atoms with Gasteiger partial charge in [0.05, 0.1) is 18.7 Å². The van der Waals surface area contributed by atoms with Gasteiger partial charge in [-0.3, -0.25) is 19.3 Å². The number of benzene rings is 1. The number of nitrogens with zero attached hydrogens (tertiary/aromatic N) is 1. The molecule has 6 atom stereocenters. The highest BCUT2D eigenvalue weighted by atomic mass is 19.1. The van der Waals surface area contributed by atoms with E-state index in [2.05, 4.69) is 5.32 Å². The van der Waals surface area contributed by atoms with Gasteiger partial charge in [-0.1, -0.05) is 0 Å². The number of aromatic hydroxyl groups is 1. The maximum atomic E-state index is 13.9. The van der Waals surface area contributed by atoms with Crippen molar-refractivity contribution in [2.24, 2.45) is 17.6 Å². The summed E-state index contributed by atoms with van der Waals surface area (Å²) in [5, 5.41) is 48.1. The molecule has 1 heterocycles. The predicted octanol–water partition coefficient (Wildman–Crippen LogP) is 0.735. The first kappa shape index (κ1) is 27.1. The van der Waals surface area contributed by atoms with Crippen LogP contribution in [0, 0.1) is 11.8 Å². The number of ketones is 2. The highest BCUT2D eigenvalue weighted by molar-refractivity contribution is 6.24. The van der Waals surface area contributed by atoms with Gasteiger partial charge < -0.3 is 36.2 Å². The second-order valence-electron chi connectivity index (χ2n) is 11.0. The number of phenolic OH excluding ortho intramolecular Hbond substituents is 1. The number of nitrogens with two attached hydrogens (primary N) is 1. The van der Waals surface area contributed by atoms with E-state index in [1.165, 1.54) is 18.1 Å². The fourth-order valence-electron chi connectivity index (χ4n) is 6.91. The molecule has 2 fully saturated rings. The van der Waals surface area contributed by atoms with Crippen molar-refractivity contribution in [3.8, 4) is 11.5 Å². The predicted molar refractivity (Wildman–Crippen MR) is 136 cm³/mol. The summed E-state index contributed by atoms with van der Waals surface area (Å²) >= 11 is 0. The Morgan fingerprint density at radius 2 is 1.92 bits per heavy atom. The molecule has 1 amide bonds. The summed E-state index contributed by atoms with van der Waals surface area (Å²) in [7, 11) is 4.52. The van der Waals surface area contributed by atoms with Crippen LogP contribution in [-0.4, -0.2) is 88.4 Å². The van der Waals surface area contributed by atoms with Crippen molar-refractivity contribution in [2.45, 2.75) is 49.5 Å². The van der Waals surface area contributed by atoms with E-state index in [0.29, 0.717) is 29.7 Å². The van der Waals surface area contributed by atoms with Gasteiger partial charge in [0.1, 0.15) is 34.8 Å². The van der Waals surface area contributed by atoms with E-state index in [-0.39, 0.29) is 42.3 Å². The van der Waals surface area contributed by atoms with Crippen LogP contribution in [0.25, 0.3) is 5.76 Å². The molecular weight excluding hydrogens is 513 g/mol. The van der Waals surface area contributed by atoms with E-state index in [4.69, 9.17) is 10.5 Å². The van der Waals surface area contributed by atoms with E-state index in [1.807, 2.05) is 0 Å². The lowest BCUT2D eigenvalue weighted by Gasteiger charge is -2.50. The van der Waals surface area contributed by atoms with Crippen LogP contribution in [0.3, 0.4) is 0 Å². The Hall–Kier alpha value is -3.48. The third-order valence-corrected chi connectivity index (χ3v) is 8.63. The van der Waals surface area contributed by atoms with Crippen molar-refractivity contribution in [1.82, 2.24) is 10.2 Å². The van der Waals surface area contributed by atoms with Gasteiger partial charge in [0.15, 0.2) is 11.4 Å². The van der Waals surface area contributed by atoms with E-state index in [0.717, 1.165) is 0 Å². The molecular formula is C27H32FN3O8. The molecule has 0 aromatic heterocycles. The molecule has 0 spiro atoms. The Balaban J connectivity index is 1.69. The van der Waals surface area contributed by atoms with Crippen LogP contribution in [0.15, 0.2) is 23.0 Å². The molecule has 39 heavy (non-hydrogen) atoms. The number of piperidine rings is 1. The second-order valence-corrected chi connectivity index (χ2v) is 11.0. The third-order valence-electron chi connectivity index (χ3n) is 8.63. The molecule has 1 saturated carbocycles. The van der Waals surface area contributed by atoms with Crippen LogP contribution in [0.2, 0.25) is 0 Å². The molecule has 2 unspecified atom stereocenters. The van der Waals surface area contributed by atoms with Gasteiger partial charge in [0.25, 0.3) is 5.91 Å². The first-order valence-electron chi connectivity index (χ1n) is 12.8. The number of nitrogens with one attached hydrogen (secondary N) is 1. The van der Waals surface area contributed by atoms with Crippen LogP contribution >= 0.6 is 0 Å². The number of likely N-dealkylation sites (N-methyl/N-ethyl adjacent to an activating group) is 1. The van der Waals surface area contributed by atoms with E-state index in [1.54, 1.807) is 14.1 Å². The minimum Gasteiger partial charge on any atom is -0.508 e. The lowest BCUT2D eigenvalue weighted by Crippen LogP contribution is -2.65. The Bertz CT molecular complexity index is 1350. The molecule has 1 aromatic carbocycles. The first-order valence-corrected chi connectivity index (χ1v) is 12.8. The first-order chi connectivity index (χ1) is 18.3. The molecule has 210 valence electrons. The van der Waals surface area contributed by atoms with E-state index >= 15 is 0 Å². The SMILES string of the molecule is COc1c(C2CCC(F)CN2)cc(O)c2c1C[C@H]1C[C@H]3[C@H](N(C)C)C(=O)C(C(N)=O)=C(O)[C@@]3(O)C(=O)C1=C2O. The highest BCUT2D eigenvalue weighted by Crippen LogP contribution is 2.54. The fraction of sp³-hybridized carbons (Fsp3) is 0.519. The van der Waals surface area contributed by atoms with Gasteiger partial charge in [-0.05, 0) is 51.8 Å². The number of rotatable bonds is 4. The summed E-state index contributed by atoms with van der Waals surface area (Å²) in [6.45, 7) is 0.141. The molecule has 11 nitrogen and oxygen atoms in total. The van der Waals surface area contributed by atoms with Crippen molar-refractivity contribution < 1.29 is 43.9 Å². The number of halogens is 1. The Morgan fingerprint density at radius 3 is 2.49 bits per heavy atom. The maximum Gasteiger partial charge on any atom is 0.255 e. The monoisotopic (exact) mass is 545 g/mol. The van der Waals surface area contributed by atoms with Crippen LogP contribution < -0.4 is 15.8 Å². The number of ether oxygens (including phenoxy) is 1. The van der Waals surface area contributed by atoms with Gasteiger partial charge in [-0.15, -0.1) is 0 Å². The number of carbonyl (C=O) groups excluding carboxylic acids is 3. The van der Waals surface area contributed by atoms with E-state index < -0.39 is 64.2 Å². The van der Waals surface area contributed by atoms with Crippen LogP contribution in [-0.2, 0) is 20.8 Å². The molecule has 1 aromatic rings. The molecule has 7 N–H and O–H groups in total. The standard InChI is InChI=1S/C27H32FN3O8/c1-31(2)20-14-7-10-6-13-18(16(32)8-12(23(13)39-3)15-5-4-11(28)9-30-15)21(33)17(10)24(35)27(14,38)25(36)19(22(20)34)26(29)37/h8,10-11,14-15,20,30,32-33,36,38H,4-7,9H2,1-3H3,(H2,29,37)/t10-,11?,14-,15?,20-,27-/m0/s1. The molecule has 3 aliphatic carbocycles. The Labute approximate surface area is 223 Å². The van der Waals surface area contributed by atoms with Crippen LogP contribution in [0.5, 0.6) is 11.5 Å². The number of hydrogen-bond acceptors (Lipinski definition) is 10. The molecule has 0 bridgehead atoms.